The van der Waals surface area contributed by atoms with Gasteiger partial charge in [-0.1, -0.05) is 105 Å². The van der Waals surface area contributed by atoms with Gasteiger partial charge in [-0.2, -0.15) is 26.0 Å². The van der Waals surface area contributed by atoms with Crippen molar-refractivity contribution in [3.8, 4) is 18.2 Å². The number of amides is 1. The number of nitrogens with zero attached hydrogens (tertiary/aromatic N) is 7. The highest BCUT2D eigenvalue weighted by molar-refractivity contribution is 6.05. The Balaban J connectivity index is 1.74. The van der Waals surface area contributed by atoms with E-state index in [-0.39, 0.29) is 65.3 Å². The first-order valence-electron chi connectivity index (χ1n) is 22.5. The molecule has 0 aromatic heterocycles. The molecule has 0 saturated heterocycles. The Morgan fingerprint density at radius 1 is 0.710 bits per heavy atom. The lowest BCUT2D eigenvalue weighted by Gasteiger charge is -2.25. The van der Waals surface area contributed by atoms with Crippen LogP contribution >= 0.6 is 0 Å². The van der Waals surface area contributed by atoms with Gasteiger partial charge in [0.05, 0.1) is 53.1 Å². The highest BCUT2D eigenvalue weighted by atomic mass is 16.5. The molecule has 0 saturated carbocycles. The minimum absolute atomic E-state index is 0.0203. The maximum absolute atomic E-state index is 13.7. The van der Waals surface area contributed by atoms with Gasteiger partial charge in [-0.15, -0.1) is 0 Å². The van der Waals surface area contributed by atoms with E-state index in [9.17, 15) is 30.2 Å². The second-order valence-corrected chi connectivity index (χ2v) is 15.6. The Kier molecular flexibility index (Phi) is 22.5. The van der Waals surface area contributed by atoms with Crippen molar-refractivity contribution in [2.24, 2.45) is 28.0 Å². The van der Waals surface area contributed by atoms with Gasteiger partial charge < -0.3 is 19.3 Å². The van der Waals surface area contributed by atoms with Gasteiger partial charge >= 0.3 is 11.9 Å². The summed E-state index contributed by atoms with van der Waals surface area (Å²) in [5.74, 6) is -0.806. The molecule has 2 aromatic rings. The van der Waals surface area contributed by atoms with Crippen LogP contribution in [0.25, 0.3) is 6.08 Å². The Hall–Kier alpha value is -6.06. The summed E-state index contributed by atoms with van der Waals surface area (Å²) in [6.45, 7) is 14.0. The first kappa shape index (κ1) is 50.3. The second kappa shape index (κ2) is 27.7. The van der Waals surface area contributed by atoms with Gasteiger partial charge in [-0.3, -0.25) is 14.4 Å². The molecule has 1 amide bonds. The minimum atomic E-state index is -0.400. The lowest BCUT2D eigenvalue weighted by atomic mass is 9.98. The highest BCUT2D eigenvalue weighted by Gasteiger charge is 2.37. The molecule has 0 radical (unpaired) electrons. The molecule has 62 heavy (non-hydrogen) atoms. The third-order valence-corrected chi connectivity index (χ3v) is 11.3. The van der Waals surface area contributed by atoms with Crippen molar-refractivity contribution in [2.75, 3.05) is 37.7 Å². The van der Waals surface area contributed by atoms with Crippen LogP contribution in [0.4, 0.5) is 17.1 Å². The van der Waals surface area contributed by atoms with E-state index >= 15 is 0 Å². The Bertz CT molecular complexity index is 1970. The molecule has 0 spiro atoms. The van der Waals surface area contributed by atoms with Crippen molar-refractivity contribution in [3.63, 3.8) is 0 Å². The molecule has 12 nitrogen and oxygen atoms in total. The van der Waals surface area contributed by atoms with Crippen LogP contribution in [-0.2, 0) is 23.9 Å². The topological polar surface area (TPSA) is 172 Å². The Labute approximate surface area is 369 Å². The van der Waals surface area contributed by atoms with Crippen molar-refractivity contribution >= 4 is 41.0 Å². The summed E-state index contributed by atoms with van der Waals surface area (Å²) in [6.07, 6.45) is 14.1. The zero-order chi connectivity index (χ0) is 45.3. The van der Waals surface area contributed by atoms with E-state index in [4.69, 9.17) is 9.47 Å². The van der Waals surface area contributed by atoms with Crippen molar-refractivity contribution in [1.29, 1.82) is 15.8 Å². The molecular formula is C50H65N7O5. The van der Waals surface area contributed by atoms with Crippen LogP contribution in [0.2, 0.25) is 0 Å². The molecular weight excluding hydrogens is 779 g/mol. The summed E-state index contributed by atoms with van der Waals surface area (Å²) in [7, 11) is 0. The van der Waals surface area contributed by atoms with Crippen LogP contribution in [0.1, 0.15) is 124 Å². The maximum Gasteiger partial charge on any atom is 0.308 e. The molecule has 0 bridgehead atoms. The molecule has 2 aromatic carbocycles. The number of rotatable bonds is 27. The number of carbonyl (C=O) groups excluding carboxylic acids is 3. The average molecular weight is 844 g/mol. The zero-order valence-electron chi connectivity index (χ0n) is 37.7. The maximum atomic E-state index is 13.7. The first-order chi connectivity index (χ1) is 30.1. The number of unbranched alkanes of at least 4 members (excludes halogenated alkanes) is 3. The summed E-state index contributed by atoms with van der Waals surface area (Å²) in [5.41, 5.74) is 2.82. The van der Waals surface area contributed by atoms with Gasteiger partial charge in [0.2, 0.25) is 0 Å². The Morgan fingerprint density at radius 3 is 1.66 bits per heavy atom. The predicted octanol–water partition coefficient (Wildman–Crippen LogP) is 11.6. The number of anilines is 1. The van der Waals surface area contributed by atoms with Crippen LogP contribution in [-0.4, -0.2) is 55.6 Å². The van der Waals surface area contributed by atoms with Gasteiger partial charge in [0.15, 0.2) is 5.57 Å². The third-order valence-electron chi connectivity index (χ3n) is 11.3. The van der Waals surface area contributed by atoms with Crippen LogP contribution in [0, 0.1) is 51.7 Å². The van der Waals surface area contributed by atoms with E-state index in [1.165, 1.54) is 4.90 Å². The van der Waals surface area contributed by atoms with Gasteiger partial charge in [-0.05, 0) is 86.1 Å². The number of esters is 2. The van der Waals surface area contributed by atoms with Crippen LogP contribution in [0.15, 0.2) is 87.3 Å². The zero-order valence-corrected chi connectivity index (χ0v) is 37.7. The molecule has 330 valence electrons. The van der Waals surface area contributed by atoms with Crippen LogP contribution < -0.4 is 4.90 Å². The fourth-order valence-corrected chi connectivity index (χ4v) is 7.30. The van der Waals surface area contributed by atoms with E-state index in [2.05, 4.69) is 44.0 Å². The van der Waals surface area contributed by atoms with Gasteiger partial charge in [0.1, 0.15) is 31.4 Å². The number of allylic oxidation sites excluding steroid dienone is 2. The quantitative estimate of drug-likeness (QED) is 0.0482. The Morgan fingerprint density at radius 2 is 1.21 bits per heavy atom. The largest absolute Gasteiger partial charge is 0.464 e. The molecule has 1 aliphatic rings. The summed E-state index contributed by atoms with van der Waals surface area (Å²) in [4.78, 5) is 42.8. The van der Waals surface area contributed by atoms with Crippen LogP contribution in [0.3, 0.4) is 0 Å². The molecule has 12 heteroatoms. The van der Waals surface area contributed by atoms with Gasteiger partial charge in [0.25, 0.3) is 5.91 Å². The summed E-state index contributed by atoms with van der Waals surface area (Å²) in [5, 5.41) is 38.4. The minimum Gasteiger partial charge on any atom is -0.464 e. The summed E-state index contributed by atoms with van der Waals surface area (Å²) < 4.78 is 11.4. The first-order valence-corrected chi connectivity index (χ1v) is 22.5. The molecule has 0 fully saturated rings. The lowest BCUT2D eigenvalue weighted by molar-refractivity contribution is -0.149. The molecule has 3 unspecified atom stereocenters. The number of nitriles is 3. The van der Waals surface area contributed by atoms with Crippen LogP contribution in [0.5, 0.6) is 0 Å². The predicted molar refractivity (Wildman–Crippen MR) is 243 cm³/mol. The number of carbonyl (C=O) groups is 3. The number of hydrogen-bond donors (Lipinski definition) is 0. The molecule has 1 heterocycles. The van der Waals surface area contributed by atoms with Crippen molar-refractivity contribution in [2.45, 2.75) is 119 Å². The highest BCUT2D eigenvalue weighted by Crippen LogP contribution is 2.34. The number of ether oxygens (including phenoxy) is 2. The third kappa shape index (κ3) is 15.1. The van der Waals surface area contributed by atoms with Gasteiger partial charge in [-0.25, -0.2) is 0 Å². The number of hydrogen-bond acceptors (Lipinski definition) is 11. The average Bonchev–Trinajstić information content (AvgIpc) is 3.55. The standard InChI is InChI=1S/C50H65N7O5/c1-7-13-16-37(10-4)36-57-47(41(33-51)34-52)46(35-53)45(48(57)58)28-21-38-19-22-42(23-20-38)54-55-43-24-26-44(27-25-43)56(29-31-61-49(59)39(11-5)17-14-8-2)30-32-62-50(60)40(12-6)18-15-9-3/h19-28,37,39-40H,7-18,29-32,36H2,1-6H3/b28-21+,55-54?. The van der Waals surface area contributed by atoms with E-state index in [1.54, 1.807) is 24.3 Å². The molecule has 3 rings (SSSR count). The van der Waals surface area contributed by atoms with E-state index < -0.39 is 5.91 Å². The van der Waals surface area contributed by atoms with Crippen molar-refractivity contribution in [3.05, 3.63) is 82.6 Å². The fraction of sp³-hybridized carbons (Fsp3) is 0.520. The molecule has 1 aliphatic heterocycles. The molecule has 0 aliphatic carbocycles. The summed E-state index contributed by atoms with van der Waals surface area (Å²) >= 11 is 0. The van der Waals surface area contributed by atoms with E-state index in [0.717, 1.165) is 88.3 Å². The monoisotopic (exact) mass is 844 g/mol. The van der Waals surface area contributed by atoms with E-state index in [0.29, 0.717) is 31.0 Å². The number of benzene rings is 2. The van der Waals surface area contributed by atoms with E-state index in [1.807, 2.05) is 67.3 Å². The summed E-state index contributed by atoms with van der Waals surface area (Å²) in [6, 6.07) is 20.6. The van der Waals surface area contributed by atoms with Crippen molar-refractivity contribution in [1.82, 2.24) is 4.90 Å². The molecule has 3 atom stereocenters. The second-order valence-electron chi connectivity index (χ2n) is 15.6. The molecule has 0 N–H and O–H groups in total. The van der Waals surface area contributed by atoms with Crippen molar-refractivity contribution < 1.29 is 23.9 Å². The SMILES string of the molecule is CCCCC(CC)CN1C(=O)C(/C=C/c2ccc(N=Nc3ccc(N(CCOC(=O)C(CC)CCCC)CCOC(=O)C(CC)CCCC)cc3)cc2)=C(C#N)C1=C(C#N)C#N. The van der Waals surface area contributed by atoms with Gasteiger partial charge in [0, 0.05) is 12.2 Å². The fourth-order valence-electron chi connectivity index (χ4n) is 7.30. The smallest absolute Gasteiger partial charge is 0.308 e. The number of azo groups is 1. The normalized spacial score (nSPS) is 14.1. The lowest BCUT2D eigenvalue weighted by Crippen LogP contribution is -2.33.